The first kappa shape index (κ1) is 12.6. The second kappa shape index (κ2) is 5.21. The Hall–Kier alpha value is -1.84. The van der Waals surface area contributed by atoms with Crippen LogP contribution in [0.5, 0.6) is 0 Å². The number of sulfonamides is 1. The second-order valence-corrected chi connectivity index (χ2v) is 5.23. The van der Waals surface area contributed by atoms with Crippen molar-refractivity contribution in [2.45, 2.75) is 18.0 Å². The van der Waals surface area contributed by atoms with Crippen LogP contribution < -0.4 is 4.72 Å². The van der Waals surface area contributed by atoms with Gasteiger partial charge in [-0.25, -0.2) is 13.1 Å². The van der Waals surface area contributed by atoms with Gasteiger partial charge in [0, 0.05) is 0 Å². The molecule has 0 saturated heterocycles. The molecule has 1 aromatic heterocycles. The lowest BCUT2D eigenvalue weighted by Crippen LogP contribution is -2.24. The van der Waals surface area contributed by atoms with Crippen molar-refractivity contribution in [3.8, 4) is 0 Å². The van der Waals surface area contributed by atoms with Crippen LogP contribution >= 0.6 is 0 Å². The fourth-order valence-corrected chi connectivity index (χ4v) is 2.36. The summed E-state index contributed by atoms with van der Waals surface area (Å²) in [6.45, 7) is -0.267. The third-order valence-electron chi connectivity index (χ3n) is 2.20. The molecule has 0 radical (unpaired) electrons. The highest BCUT2D eigenvalue weighted by molar-refractivity contribution is 7.89. The molecular formula is C9H11N5O3S. The Bertz CT molecular complexity index is 611. The van der Waals surface area contributed by atoms with Gasteiger partial charge in [-0.1, -0.05) is 17.3 Å². The molecule has 3 N–H and O–H groups in total. The first-order valence-corrected chi connectivity index (χ1v) is 6.52. The number of hydrogen-bond acceptors (Lipinski definition) is 6. The average Bonchev–Trinajstić information content (AvgIpc) is 2.90. The Balaban J connectivity index is 2.14. The molecule has 0 unspecified atom stereocenters. The normalized spacial score (nSPS) is 11.6. The van der Waals surface area contributed by atoms with Crippen LogP contribution in [0, 0.1) is 0 Å². The van der Waals surface area contributed by atoms with Gasteiger partial charge in [-0.15, -0.1) is 10.2 Å². The molecule has 8 nitrogen and oxygen atoms in total. The van der Waals surface area contributed by atoms with E-state index in [2.05, 4.69) is 25.3 Å². The van der Waals surface area contributed by atoms with Gasteiger partial charge in [0.1, 0.15) is 0 Å². The molecule has 9 heteroatoms. The van der Waals surface area contributed by atoms with Gasteiger partial charge in [-0.2, -0.15) is 5.21 Å². The van der Waals surface area contributed by atoms with E-state index in [1.54, 1.807) is 12.1 Å². The first-order valence-electron chi connectivity index (χ1n) is 5.03. The van der Waals surface area contributed by atoms with Crippen molar-refractivity contribution in [2.24, 2.45) is 0 Å². The summed E-state index contributed by atoms with van der Waals surface area (Å²) in [5.74, 6) is 0.247. The van der Waals surface area contributed by atoms with Crippen LogP contribution in [-0.4, -0.2) is 34.1 Å². The number of nitrogens with one attached hydrogen (secondary N) is 2. The fraction of sp³-hybridized carbons (Fsp3) is 0.222. The van der Waals surface area contributed by atoms with Crippen molar-refractivity contribution in [3.63, 3.8) is 0 Å². The summed E-state index contributed by atoms with van der Waals surface area (Å²) in [5.41, 5.74) is 0.525. The van der Waals surface area contributed by atoms with Crippen LogP contribution in [0.2, 0.25) is 0 Å². The number of aliphatic hydroxyl groups is 1. The molecular weight excluding hydrogens is 258 g/mol. The highest BCUT2D eigenvalue weighted by atomic mass is 32.2. The molecule has 0 aliphatic carbocycles. The molecule has 0 fully saturated rings. The lowest BCUT2D eigenvalue weighted by Gasteiger charge is -2.05. The van der Waals surface area contributed by atoms with Gasteiger partial charge in [-0.3, -0.25) is 0 Å². The number of nitrogens with zero attached hydrogens (tertiary/aromatic N) is 3. The van der Waals surface area contributed by atoms with Crippen LogP contribution in [-0.2, 0) is 23.2 Å². The molecule has 2 rings (SSSR count). The third-order valence-corrected chi connectivity index (χ3v) is 3.60. The van der Waals surface area contributed by atoms with E-state index in [1.807, 2.05) is 0 Å². The number of aromatic amines is 1. The summed E-state index contributed by atoms with van der Waals surface area (Å²) < 4.78 is 26.2. The molecule has 18 heavy (non-hydrogen) atoms. The van der Waals surface area contributed by atoms with Crippen molar-refractivity contribution < 1.29 is 13.5 Å². The summed E-state index contributed by atoms with van der Waals surface area (Å²) >= 11 is 0. The zero-order valence-corrected chi connectivity index (χ0v) is 10.1. The maximum absolute atomic E-state index is 11.9. The Morgan fingerprint density at radius 2 is 2.22 bits per heavy atom. The van der Waals surface area contributed by atoms with Gasteiger partial charge in [0.05, 0.1) is 18.0 Å². The monoisotopic (exact) mass is 269 g/mol. The van der Waals surface area contributed by atoms with Gasteiger partial charge in [-0.05, 0) is 17.7 Å². The smallest absolute Gasteiger partial charge is 0.240 e. The lowest BCUT2D eigenvalue weighted by molar-refractivity contribution is 0.281. The van der Waals surface area contributed by atoms with E-state index in [0.29, 0.717) is 5.56 Å². The summed E-state index contributed by atoms with van der Waals surface area (Å²) in [7, 11) is -3.65. The van der Waals surface area contributed by atoms with Crippen molar-refractivity contribution >= 4 is 10.0 Å². The van der Waals surface area contributed by atoms with Gasteiger partial charge < -0.3 is 5.11 Å². The minimum Gasteiger partial charge on any atom is -0.392 e. The highest BCUT2D eigenvalue weighted by Crippen LogP contribution is 2.11. The van der Waals surface area contributed by atoms with Crippen LogP contribution in [0.3, 0.4) is 0 Å². The number of aromatic nitrogens is 4. The molecule has 0 atom stereocenters. The van der Waals surface area contributed by atoms with Crippen molar-refractivity contribution in [1.29, 1.82) is 0 Å². The van der Waals surface area contributed by atoms with Crippen LogP contribution in [0.4, 0.5) is 0 Å². The van der Waals surface area contributed by atoms with E-state index >= 15 is 0 Å². The summed E-state index contributed by atoms with van der Waals surface area (Å²) in [6, 6.07) is 6.04. The van der Waals surface area contributed by atoms with E-state index in [9.17, 15) is 8.42 Å². The Kier molecular flexibility index (Phi) is 3.65. The molecule has 1 heterocycles. The van der Waals surface area contributed by atoms with E-state index in [-0.39, 0.29) is 23.9 Å². The molecule has 0 spiro atoms. The lowest BCUT2D eigenvalue weighted by atomic mass is 10.2. The maximum Gasteiger partial charge on any atom is 0.240 e. The SMILES string of the molecule is O=S(=O)(NCc1nn[nH]n1)c1cccc(CO)c1. The standard InChI is InChI=1S/C9H11N5O3S/c15-6-7-2-1-3-8(4-7)18(16,17)10-5-9-11-13-14-12-9/h1-4,10,15H,5-6H2,(H,11,12,13,14). The van der Waals surface area contributed by atoms with Gasteiger partial charge in [0.2, 0.25) is 10.0 Å². The number of tetrazole rings is 1. The average molecular weight is 269 g/mol. The number of rotatable bonds is 5. The number of aliphatic hydroxyl groups excluding tert-OH is 1. The number of hydrogen-bond donors (Lipinski definition) is 3. The molecule has 0 bridgehead atoms. The number of benzene rings is 1. The Morgan fingerprint density at radius 3 is 2.89 bits per heavy atom. The van der Waals surface area contributed by atoms with Crippen LogP contribution in [0.1, 0.15) is 11.4 Å². The largest absolute Gasteiger partial charge is 0.392 e. The molecule has 0 aliphatic heterocycles. The van der Waals surface area contributed by atoms with Gasteiger partial charge in [0.25, 0.3) is 0 Å². The second-order valence-electron chi connectivity index (χ2n) is 3.46. The first-order chi connectivity index (χ1) is 8.62. The van der Waals surface area contributed by atoms with E-state index in [4.69, 9.17) is 5.11 Å². The minimum atomic E-state index is -3.65. The van der Waals surface area contributed by atoms with Crippen LogP contribution in [0.15, 0.2) is 29.2 Å². The molecule has 1 aromatic carbocycles. The fourth-order valence-electron chi connectivity index (χ4n) is 1.31. The predicted octanol–water partition coefficient (Wildman–Crippen LogP) is -0.830. The van der Waals surface area contributed by atoms with Crippen LogP contribution in [0.25, 0.3) is 0 Å². The summed E-state index contributed by atoms with van der Waals surface area (Å²) in [4.78, 5) is 0.0811. The Morgan fingerprint density at radius 1 is 1.39 bits per heavy atom. The van der Waals surface area contributed by atoms with E-state index in [0.717, 1.165) is 0 Å². The van der Waals surface area contributed by atoms with E-state index in [1.165, 1.54) is 12.1 Å². The Labute approximate surface area is 103 Å². The maximum atomic E-state index is 11.9. The molecule has 96 valence electrons. The summed E-state index contributed by atoms with van der Waals surface area (Å²) in [6.07, 6.45) is 0. The van der Waals surface area contributed by atoms with Crippen molar-refractivity contribution in [3.05, 3.63) is 35.7 Å². The third kappa shape index (κ3) is 2.88. The van der Waals surface area contributed by atoms with Crippen molar-refractivity contribution in [1.82, 2.24) is 25.3 Å². The quantitative estimate of drug-likeness (QED) is 0.651. The van der Waals surface area contributed by atoms with Gasteiger partial charge >= 0.3 is 0 Å². The summed E-state index contributed by atoms with van der Waals surface area (Å²) in [5, 5.41) is 21.8. The molecule has 0 amide bonds. The zero-order valence-electron chi connectivity index (χ0n) is 9.24. The van der Waals surface area contributed by atoms with Gasteiger partial charge in [0.15, 0.2) is 5.82 Å². The topological polar surface area (TPSA) is 121 Å². The molecule has 2 aromatic rings. The zero-order chi connectivity index (χ0) is 13.0. The molecule has 0 aliphatic rings. The predicted molar refractivity (Wildman–Crippen MR) is 60.6 cm³/mol. The number of H-pyrrole nitrogens is 1. The van der Waals surface area contributed by atoms with E-state index < -0.39 is 10.0 Å². The van der Waals surface area contributed by atoms with Crippen molar-refractivity contribution in [2.75, 3.05) is 0 Å². The highest BCUT2D eigenvalue weighted by Gasteiger charge is 2.14. The molecule has 0 saturated carbocycles. The minimum absolute atomic E-state index is 0.0534.